The average Bonchev–Trinajstić information content (AvgIpc) is 2.67. The van der Waals surface area contributed by atoms with Gasteiger partial charge in [-0.2, -0.15) is 0 Å². The number of anilines is 1. The van der Waals surface area contributed by atoms with Crippen LogP contribution in [0.25, 0.3) is 0 Å². The molecule has 146 valence electrons. The maximum absolute atomic E-state index is 11.9. The third-order valence-electron chi connectivity index (χ3n) is 3.55. The van der Waals surface area contributed by atoms with Crippen LogP contribution in [0.3, 0.4) is 0 Å². The summed E-state index contributed by atoms with van der Waals surface area (Å²) in [6, 6.07) is 10.0. The zero-order chi connectivity index (χ0) is 20.7. The van der Waals surface area contributed by atoms with Crippen molar-refractivity contribution in [2.75, 3.05) is 18.5 Å². The number of nitrogens with one attached hydrogen (secondary N) is 2. The summed E-state index contributed by atoms with van der Waals surface area (Å²) >= 11 is 5.86. The van der Waals surface area contributed by atoms with Crippen molar-refractivity contribution in [1.82, 2.24) is 5.32 Å². The van der Waals surface area contributed by atoms with Gasteiger partial charge in [-0.15, -0.1) is 0 Å². The Morgan fingerprint density at radius 2 is 1.93 bits per heavy atom. The highest BCUT2D eigenvalue weighted by Gasteiger charge is 2.14. The molecule has 0 heterocycles. The summed E-state index contributed by atoms with van der Waals surface area (Å²) in [7, 11) is 0. The second-order valence-corrected chi connectivity index (χ2v) is 6.09. The summed E-state index contributed by atoms with van der Waals surface area (Å²) in [5, 5.41) is 16.0. The van der Waals surface area contributed by atoms with Crippen molar-refractivity contribution in [3.8, 4) is 0 Å². The standard InChI is InChI=1S/C18H16ClN3O6/c1-11-5-6-13(19)8-15(11)21-16(23)10-28-17(24)9-20-18(25)12-3-2-4-14(7-12)22(26)27/h2-8H,9-10H2,1H3,(H,20,25)(H,21,23). The first-order valence-corrected chi connectivity index (χ1v) is 8.38. The van der Waals surface area contributed by atoms with Gasteiger partial charge in [-0.3, -0.25) is 24.5 Å². The van der Waals surface area contributed by atoms with Crippen molar-refractivity contribution in [3.63, 3.8) is 0 Å². The van der Waals surface area contributed by atoms with E-state index in [2.05, 4.69) is 10.6 Å². The molecule has 0 saturated heterocycles. The number of hydrogen-bond donors (Lipinski definition) is 2. The molecular weight excluding hydrogens is 390 g/mol. The maximum atomic E-state index is 11.9. The van der Waals surface area contributed by atoms with Gasteiger partial charge < -0.3 is 15.4 Å². The van der Waals surface area contributed by atoms with E-state index >= 15 is 0 Å². The monoisotopic (exact) mass is 405 g/mol. The third kappa shape index (κ3) is 6.06. The first-order chi connectivity index (χ1) is 13.3. The van der Waals surface area contributed by atoms with Gasteiger partial charge in [0.1, 0.15) is 6.54 Å². The number of benzene rings is 2. The predicted molar refractivity (Wildman–Crippen MR) is 101 cm³/mol. The largest absolute Gasteiger partial charge is 0.454 e. The minimum atomic E-state index is -0.836. The summed E-state index contributed by atoms with van der Waals surface area (Å²) in [5.41, 5.74) is 1.06. The molecule has 0 bridgehead atoms. The Bertz CT molecular complexity index is 931. The number of amides is 2. The first-order valence-electron chi connectivity index (χ1n) is 8.00. The number of ether oxygens (including phenoxy) is 1. The van der Waals surface area contributed by atoms with Gasteiger partial charge in [-0.25, -0.2) is 0 Å². The molecule has 0 spiro atoms. The minimum Gasteiger partial charge on any atom is -0.454 e. The molecule has 0 radical (unpaired) electrons. The van der Waals surface area contributed by atoms with E-state index in [1.165, 1.54) is 18.2 Å². The van der Waals surface area contributed by atoms with Crippen molar-refractivity contribution >= 4 is 40.8 Å². The second-order valence-electron chi connectivity index (χ2n) is 5.66. The lowest BCUT2D eigenvalue weighted by Crippen LogP contribution is -2.32. The van der Waals surface area contributed by atoms with Crippen LogP contribution in [-0.2, 0) is 14.3 Å². The molecule has 28 heavy (non-hydrogen) atoms. The Morgan fingerprint density at radius 3 is 2.64 bits per heavy atom. The van der Waals surface area contributed by atoms with Crippen LogP contribution in [0.4, 0.5) is 11.4 Å². The molecule has 0 fully saturated rings. The van der Waals surface area contributed by atoms with E-state index in [4.69, 9.17) is 16.3 Å². The fraction of sp³-hybridized carbons (Fsp3) is 0.167. The van der Waals surface area contributed by atoms with Crippen molar-refractivity contribution in [1.29, 1.82) is 0 Å². The molecule has 9 nitrogen and oxygen atoms in total. The fourth-order valence-electron chi connectivity index (χ4n) is 2.13. The number of carbonyl (C=O) groups excluding carboxylic acids is 3. The lowest BCUT2D eigenvalue weighted by Gasteiger charge is -2.10. The maximum Gasteiger partial charge on any atom is 0.325 e. The van der Waals surface area contributed by atoms with Crippen LogP contribution in [-0.4, -0.2) is 35.9 Å². The van der Waals surface area contributed by atoms with Gasteiger partial charge >= 0.3 is 5.97 Å². The van der Waals surface area contributed by atoms with E-state index in [1.807, 2.05) is 0 Å². The molecule has 0 aliphatic heterocycles. The quantitative estimate of drug-likeness (QED) is 0.413. The van der Waals surface area contributed by atoms with Crippen LogP contribution in [0.5, 0.6) is 0 Å². The fourth-order valence-corrected chi connectivity index (χ4v) is 2.30. The number of halogens is 1. The summed E-state index contributed by atoms with van der Waals surface area (Å²) < 4.78 is 4.79. The van der Waals surface area contributed by atoms with Gasteiger partial charge in [0.05, 0.1) is 4.92 Å². The normalized spacial score (nSPS) is 10.1. The topological polar surface area (TPSA) is 128 Å². The van der Waals surface area contributed by atoms with Gasteiger partial charge in [0.2, 0.25) is 0 Å². The zero-order valence-electron chi connectivity index (χ0n) is 14.7. The van der Waals surface area contributed by atoms with Crippen molar-refractivity contribution in [3.05, 3.63) is 68.7 Å². The number of nitrogens with zero attached hydrogens (tertiary/aromatic N) is 1. The van der Waals surface area contributed by atoms with Gasteiger partial charge in [0.15, 0.2) is 6.61 Å². The third-order valence-corrected chi connectivity index (χ3v) is 3.79. The molecule has 0 unspecified atom stereocenters. The van der Waals surface area contributed by atoms with Crippen molar-refractivity contribution in [2.45, 2.75) is 6.92 Å². The summed E-state index contributed by atoms with van der Waals surface area (Å²) in [4.78, 5) is 45.6. The highest BCUT2D eigenvalue weighted by Crippen LogP contribution is 2.20. The van der Waals surface area contributed by atoms with Crippen LogP contribution in [0, 0.1) is 17.0 Å². The smallest absolute Gasteiger partial charge is 0.325 e. The van der Waals surface area contributed by atoms with E-state index in [9.17, 15) is 24.5 Å². The highest BCUT2D eigenvalue weighted by molar-refractivity contribution is 6.31. The number of nitro groups is 1. The average molecular weight is 406 g/mol. The lowest BCUT2D eigenvalue weighted by atomic mass is 10.2. The molecule has 2 aromatic rings. The molecular formula is C18H16ClN3O6. The molecule has 2 aromatic carbocycles. The van der Waals surface area contributed by atoms with E-state index in [-0.39, 0.29) is 11.3 Å². The molecule has 0 aliphatic rings. The summed E-state index contributed by atoms with van der Waals surface area (Å²) in [5.74, 6) is -2.08. The van der Waals surface area contributed by atoms with Crippen molar-refractivity contribution in [2.24, 2.45) is 0 Å². The van der Waals surface area contributed by atoms with Crippen LogP contribution < -0.4 is 10.6 Å². The number of rotatable bonds is 7. The number of hydrogen-bond acceptors (Lipinski definition) is 6. The van der Waals surface area contributed by atoms with Crippen LogP contribution in [0.2, 0.25) is 5.02 Å². The number of carbonyl (C=O) groups is 3. The molecule has 2 amide bonds. The number of non-ortho nitro benzene ring substituents is 1. The van der Waals surface area contributed by atoms with Crippen LogP contribution in [0.15, 0.2) is 42.5 Å². The number of aryl methyl sites for hydroxylation is 1. The minimum absolute atomic E-state index is 0.0242. The SMILES string of the molecule is Cc1ccc(Cl)cc1NC(=O)COC(=O)CNC(=O)c1cccc([N+](=O)[O-])c1. The Kier molecular flexibility index (Phi) is 7.05. The number of nitro benzene ring substituents is 1. The molecule has 0 aromatic heterocycles. The number of esters is 1. The molecule has 0 atom stereocenters. The molecule has 0 saturated carbocycles. The Labute approximate surface area is 164 Å². The summed E-state index contributed by atoms with van der Waals surface area (Å²) in [6.45, 7) is 0.740. The molecule has 2 rings (SSSR count). The lowest BCUT2D eigenvalue weighted by molar-refractivity contribution is -0.384. The molecule has 0 aliphatic carbocycles. The molecule has 10 heteroatoms. The predicted octanol–water partition coefficient (Wildman–Crippen LogP) is 2.47. The van der Waals surface area contributed by atoms with E-state index in [1.54, 1.807) is 25.1 Å². The van der Waals surface area contributed by atoms with Crippen LogP contribution in [0.1, 0.15) is 15.9 Å². The van der Waals surface area contributed by atoms with E-state index in [0.29, 0.717) is 10.7 Å². The first kappa shape index (κ1) is 20.8. The van der Waals surface area contributed by atoms with Gasteiger partial charge in [0, 0.05) is 28.4 Å². The Balaban J connectivity index is 1.80. The van der Waals surface area contributed by atoms with Crippen LogP contribution >= 0.6 is 11.6 Å². The van der Waals surface area contributed by atoms with Gasteiger partial charge in [0.25, 0.3) is 17.5 Å². The van der Waals surface area contributed by atoms with E-state index < -0.39 is 35.9 Å². The van der Waals surface area contributed by atoms with Crippen molar-refractivity contribution < 1.29 is 24.0 Å². The highest BCUT2D eigenvalue weighted by atomic mass is 35.5. The molecule has 2 N–H and O–H groups in total. The van der Waals surface area contributed by atoms with E-state index in [0.717, 1.165) is 11.6 Å². The zero-order valence-corrected chi connectivity index (χ0v) is 15.5. The Morgan fingerprint density at radius 1 is 1.18 bits per heavy atom. The summed E-state index contributed by atoms with van der Waals surface area (Å²) in [6.07, 6.45) is 0. The van der Waals surface area contributed by atoms with Gasteiger partial charge in [-0.1, -0.05) is 23.7 Å². The van der Waals surface area contributed by atoms with Gasteiger partial charge in [-0.05, 0) is 30.7 Å². The second kappa shape index (κ2) is 9.47. The Hall–Kier alpha value is -3.46.